The monoisotopic (exact) mass is 372 g/mol. The van der Waals surface area contributed by atoms with Crippen molar-refractivity contribution in [2.45, 2.75) is 5.16 Å². The summed E-state index contributed by atoms with van der Waals surface area (Å²) in [6.45, 7) is 0. The number of hydrogen-bond donors (Lipinski definition) is 1. The zero-order valence-electron chi connectivity index (χ0n) is 14.6. The standard InChI is InChI=1S/C21H16N4OS/c1-27-21-24-19-17(8-5-13-22-19)20(25-21)23-16-11-9-15(10-12-16)18(26)14-6-3-2-4-7-14/h2-13H,1H3,(H,22,23,24,25). The van der Waals surface area contributed by atoms with E-state index in [1.54, 1.807) is 6.20 Å². The van der Waals surface area contributed by atoms with Crippen LogP contribution >= 0.6 is 11.8 Å². The van der Waals surface area contributed by atoms with Crippen LogP contribution in [0.5, 0.6) is 0 Å². The topological polar surface area (TPSA) is 67.8 Å². The van der Waals surface area contributed by atoms with E-state index in [0.717, 1.165) is 11.1 Å². The van der Waals surface area contributed by atoms with Gasteiger partial charge in [0.2, 0.25) is 0 Å². The van der Waals surface area contributed by atoms with Crippen LogP contribution < -0.4 is 5.32 Å². The molecular weight excluding hydrogens is 356 g/mol. The lowest BCUT2D eigenvalue weighted by molar-refractivity contribution is 0.103. The van der Waals surface area contributed by atoms with Gasteiger partial charge in [-0.15, -0.1) is 0 Å². The summed E-state index contributed by atoms with van der Waals surface area (Å²) in [5.74, 6) is 0.697. The van der Waals surface area contributed by atoms with Crippen molar-refractivity contribution in [1.82, 2.24) is 15.0 Å². The molecule has 2 aromatic carbocycles. The highest BCUT2D eigenvalue weighted by Crippen LogP contribution is 2.25. The molecule has 132 valence electrons. The van der Waals surface area contributed by atoms with E-state index >= 15 is 0 Å². The molecule has 0 unspecified atom stereocenters. The van der Waals surface area contributed by atoms with Crippen LogP contribution in [0.15, 0.2) is 78.1 Å². The fraction of sp³-hybridized carbons (Fsp3) is 0.0476. The summed E-state index contributed by atoms with van der Waals surface area (Å²) in [6.07, 6.45) is 3.64. The van der Waals surface area contributed by atoms with Gasteiger partial charge in [0.25, 0.3) is 0 Å². The second-order valence-electron chi connectivity index (χ2n) is 5.83. The number of fused-ring (bicyclic) bond motifs is 1. The van der Waals surface area contributed by atoms with Crippen molar-refractivity contribution in [3.05, 3.63) is 84.1 Å². The molecule has 0 amide bonds. The van der Waals surface area contributed by atoms with Gasteiger partial charge in [-0.25, -0.2) is 15.0 Å². The van der Waals surface area contributed by atoms with Crippen LogP contribution in [0.2, 0.25) is 0 Å². The Morgan fingerprint density at radius 1 is 0.889 bits per heavy atom. The highest BCUT2D eigenvalue weighted by atomic mass is 32.2. The normalized spacial score (nSPS) is 10.7. The van der Waals surface area contributed by atoms with Crippen molar-refractivity contribution in [1.29, 1.82) is 0 Å². The molecule has 0 atom stereocenters. The average Bonchev–Trinajstić information content (AvgIpc) is 2.74. The molecule has 2 aromatic heterocycles. The highest BCUT2D eigenvalue weighted by molar-refractivity contribution is 7.98. The molecule has 0 aliphatic carbocycles. The number of thioether (sulfide) groups is 1. The Hall–Kier alpha value is -3.25. The molecule has 4 aromatic rings. The van der Waals surface area contributed by atoms with Gasteiger partial charge in [0.05, 0.1) is 5.39 Å². The molecule has 0 fully saturated rings. The number of nitrogens with one attached hydrogen (secondary N) is 1. The molecule has 0 saturated heterocycles. The second-order valence-corrected chi connectivity index (χ2v) is 6.60. The van der Waals surface area contributed by atoms with Gasteiger partial charge < -0.3 is 5.32 Å². The number of hydrogen-bond acceptors (Lipinski definition) is 6. The Morgan fingerprint density at radius 3 is 2.37 bits per heavy atom. The summed E-state index contributed by atoms with van der Waals surface area (Å²) in [4.78, 5) is 25.8. The Balaban J connectivity index is 1.62. The van der Waals surface area contributed by atoms with E-state index in [0.29, 0.717) is 27.7 Å². The van der Waals surface area contributed by atoms with E-state index < -0.39 is 0 Å². The number of pyridine rings is 1. The van der Waals surface area contributed by atoms with Crippen LogP contribution in [0, 0.1) is 0 Å². The minimum absolute atomic E-state index is 0.00325. The van der Waals surface area contributed by atoms with E-state index in [2.05, 4.69) is 20.3 Å². The Kier molecular flexibility index (Phi) is 4.80. The summed E-state index contributed by atoms with van der Waals surface area (Å²) in [5, 5.41) is 4.81. The predicted molar refractivity (Wildman–Crippen MR) is 109 cm³/mol. The minimum atomic E-state index is 0.00325. The lowest BCUT2D eigenvalue weighted by Crippen LogP contribution is -2.02. The van der Waals surface area contributed by atoms with E-state index in [1.165, 1.54) is 11.8 Å². The molecular formula is C21H16N4OS. The quantitative estimate of drug-likeness (QED) is 0.311. The van der Waals surface area contributed by atoms with E-state index in [1.807, 2.05) is 73.0 Å². The third-order valence-electron chi connectivity index (χ3n) is 4.08. The molecule has 5 nitrogen and oxygen atoms in total. The maximum Gasteiger partial charge on any atom is 0.193 e. The summed E-state index contributed by atoms with van der Waals surface area (Å²) >= 11 is 1.47. The molecule has 6 heteroatoms. The number of carbonyl (C=O) groups excluding carboxylic acids is 1. The lowest BCUT2D eigenvalue weighted by Gasteiger charge is -2.10. The fourth-order valence-corrected chi connectivity index (χ4v) is 3.09. The molecule has 0 saturated carbocycles. The largest absolute Gasteiger partial charge is 0.340 e. The van der Waals surface area contributed by atoms with E-state index in [4.69, 9.17) is 0 Å². The van der Waals surface area contributed by atoms with Crippen molar-refractivity contribution in [3.8, 4) is 0 Å². The fourth-order valence-electron chi connectivity index (χ4n) is 2.73. The molecule has 0 bridgehead atoms. The number of rotatable bonds is 5. The first-order valence-electron chi connectivity index (χ1n) is 8.38. The zero-order chi connectivity index (χ0) is 18.6. The van der Waals surface area contributed by atoms with Gasteiger partial charge >= 0.3 is 0 Å². The molecule has 2 heterocycles. The van der Waals surface area contributed by atoms with Gasteiger partial charge in [-0.05, 0) is 42.7 Å². The van der Waals surface area contributed by atoms with E-state index in [-0.39, 0.29) is 5.78 Å². The van der Waals surface area contributed by atoms with Crippen molar-refractivity contribution in [3.63, 3.8) is 0 Å². The van der Waals surface area contributed by atoms with Crippen molar-refractivity contribution in [2.24, 2.45) is 0 Å². The van der Waals surface area contributed by atoms with Gasteiger partial charge in [-0.1, -0.05) is 42.1 Å². The molecule has 1 N–H and O–H groups in total. The number of ketones is 1. The number of anilines is 2. The molecule has 4 rings (SSSR count). The predicted octanol–water partition coefficient (Wildman–Crippen LogP) is 4.72. The SMILES string of the molecule is CSc1nc(Nc2ccc(C(=O)c3ccccc3)cc2)c2cccnc2n1. The van der Waals surface area contributed by atoms with Gasteiger partial charge in [0.15, 0.2) is 16.6 Å². The first-order chi connectivity index (χ1) is 13.2. The summed E-state index contributed by atoms with van der Waals surface area (Å²) in [7, 11) is 0. The Bertz CT molecular complexity index is 1100. The van der Waals surface area contributed by atoms with Crippen molar-refractivity contribution >= 4 is 40.1 Å². The molecule has 0 spiro atoms. The zero-order valence-corrected chi connectivity index (χ0v) is 15.4. The molecule has 0 aliphatic rings. The summed E-state index contributed by atoms with van der Waals surface area (Å²) < 4.78 is 0. The second kappa shape index (κ2) is 7.55. The van der Waals surface area contributed by atoms with Crippen LogP contribution in [0.4, 0.5) is 11.5 Å². The van der Waals surface area contributed by atoms with Crippen molar-refractivity contribution in [2.75, 3.05) is 11.6 Å². The smallest absolute Gasteiger partial charge is 0.193 e. The van der Waals surface area contributed by atoms with Gasteiger partial charge in [-0.3, -0.25) is 4.79 Å². The molecule has 27 heavy (non-hydrogen) atoms. The maximum atomic E-state index is 12.5. The number of carbonyl (C=O) groups is 1. The average molecular weight is 372 g/mol. The van der Waals surface area contributed by atoms with Crippen LogP contribution in [-0.2, 0) is 0 Å². The van der Waals surface area contributed by atoms with Crippen molar-refractivity contribution < 1.29 is 4.79 Å². The molecule has 0 radical (unpaired) electrons. The van der Waals surface area contributed by atoms with Crippen LogP contribution in [-0.4, -0.2) is 27.0 Å². The lowest BCUT2D eigenvalue weighted by atomic mass is 10.0. The highest BCUT2D eigenvalue weighted by Gasteiger charge is 2.10. The van der Waals surface area contributed by atoms with Gasteiger partial charge in [0.1, 0.15) is 5.82 Å². The maximum absolute atomic E-state index is 12.5. The van der Waals surface area contributed by atoms with Crippen LogP contribution in [0.25, 0.3) is 11.0 Å². The van der Waals surface area contributed by atoms with Crippen LogP contribution in [0.1, 0.15) is 15.9 Å². The number of aromatic nitrogens is 3. The first kappa shape index (κ1) is 17.2. The third kappa shape index (κ3) is 3.66. The van der Waals surface area contributed by atoms with Gasteiger partial charge in [-0.2, -0.15) is 0 Å². The third-order valence-corrected chi connectivity index (χ3v) is 4.63. The number of benzene rings is 2. The Labute approximate surface area is 160 Å². The minimum Gasteiger partial charge on any atom is -0.340 e. The van der Waals surface area contributed by atoms with Gasteiger partial charge in [0, 0.05) is 23.0 Å². The van der Waals surface area contributed by atoms with E-state index in [9.17, 15) is 4.79 Å². The summed E-state index contributed by atoms with van der Waals surface area (Å²) in [6, 6.07) is 20.4. The Morgan fingerprint density at radius 2 is 1.63 bits per heavy atom. The number of nitrogens with zero attached hydrogens (tertiary/aromatic N) is 3. The summed E-state index contributed by atoms with van der Waals surface area (Å²) in [5.41, 5.74) is 2.81. The first-order valence-corrected chi connectivity index (χ1v) is 9.60. The molecule has 0 aliphatic heterocycles. The van der Waals surface area contributed by atoms with Crippen LogP contribution in [0.3, 0.4) is 0 Å².